The largest absolute Gasteiger partial charge is 0.400 e. The lowest BCUT2D eigenvalue weighted by molar-refractivity contribution is -0.116. The van der Waals surface area contributed by atoms with E-state index in [9.17, 15) is 4.79 Å². The number of hydrogen-bond donors (Lipinski definition) is 6. The van der Waals surface area contributed by atoms with Crippen molar-refractivity contribution < 1.29 is 20.1 Å². The molecule has 4 rings (SSSR count). The number of carbonyl (C=O) groups excluding carboxylic acids is 1. The molecule has 1 aliphatic rings. The first-order valence-corrected chi connectivity index (χ1v) is 19.9. The summed E-state index contributed by atoms with van der Waals surface area (Å²) in [5.41, 5.74) is 20.3. The molecule has 0 spiro atoms. The number of nitrogen functional groups attached to an aromatic ring is 1. The van der Waals surface area contributed by atoms with E-state index in [0.717, 1.165) is 30.3 Å². The van der Waals surface area contributed by atoms with E-state index >= 15 is 0 Å². The summed E-state index contributed by atoms with van der Waals surface area (Å²) in [7, 11) is 3.03. The minimum Gasteiger partial charge on any atom is -0.400 e. The van der Waals surface area contributed by atoms with Crippen molar-refractivity contribution in [2.45, 2.75) is 139 Å². The van der Waals surface area contributed by atoms with E-state index in [4.69, 9.17) is 26.0 Å². The number of rotatable bonds is 12. The molecule has 0 bridgehead atoms. The van der Waals surface area contributed by atoms with Crippen molar-refractivity contribution in [3.05, 3.63) is 106 Å². The SMILES string of the molecule is C=C.CC.CC.CC(=O)Cc1ccccc1C.CCCC(CNC)c1cc(C(C)CC)c(C)c(C)n1.CO.NCO.Nc1ccc(CO)cc1C=NC1CC1. The van der Waals surface area contributed by atoms with Crippen LogP contribution in [-0.4, -0.2) is 65.8 Å². The van der Waals surface area contributed by atoms with E-state index in [2.05, 4.69) is 69.9 Å². The first-order chi connectivity index (χ1) is 26.4. The lowest BCUT2D eigenvalue weighted by Gasteiger charge is -2.21. The lowest BCUT2D eigenvalue weighted by Crippen LogP contribution is -2.19. The molecule has 2 unspecified atom stereocenters. The number of pyridine rings is 1. The second-order valence-electron chi connectivity index (χ2n) is 12.3. The molecule has 55 heavy (non-hydrogen) atoms. The van der Waals surface area contributed by atoms with Crippen LogP contribution in [0.4, 0.5) is 5.69 Å². The van der Waals surface area contributed by atoms with Crippen LogP contribution >= 0.6 is 0 Å². The Bertz CT molecular complexity index is 1390. The summed E-state index contributed by atoms with van der Waals surface area (Å²) in [5, 5.41) is 26.6. The highest BCUT2D eigenvalue weighted by Crippen LogP contribution is 2.29. The summed E-state index contributed by atoms with van der Waals surface area (Å²) in [6, 6.07) is 16.3. The lowest BCUT2D eigenvalue weighted by atomic mass is 9.90. The van der Waals surface area contributed by atoms with Gasteiger partial charge in [-0.15, -0.1) is 13.2 Å². The molecule has 1 aromatic heterocycles. The zero-order valence-corrected chi connectivity index (χ0v) is 37.0. The fourth-order valence-corrected chi connectivity index (χ4v) is 5.00. The zero-order valence-electron chi connectivity index (χ0n) is 37.0. The second kappa shape index (κ2) is 38.5. The van der Waals surface area contributed by atoms with Gasteiger partial charge in [0, 0.05) is 54.8 Å². The van der Waals surface area contributed by atoms with Crippen molar-refractivity contribution in [3.8, 4) is 0 Å². The maximum absolute atomic E-state index is 10.8. The third-order valence-electron chi connectivity index (χ3n) is 8.23. The third-order valence-corrected chi connectivity index (χ3v) is 8.23. The van der Waals surface area contributed by atoms with Crippen molar-refractivity contribution in [1.82, 2.24) is 10.3 Å². The van der Waals surface area contributed by atoms with E-state index in [1.807, 2.05) is 84.3 Å². The van der Waals surface area contributed by atoms with E-state index in [1.54, 1.807) is 13.0 Å². The van der Waals surface area contributed by atoms with Crippen molar-refractivity contribution in [3.63, 3.8) is 0 Å². The maximum Gasteiger partial charge on any atom is 0.134 e. The Labute approximate surface area is 336 Å². The number of Topliss-reactive ketones (excluding diaryl/α,β-unsaturated/α-hetero) is 1. The van der Waals surface area contributed by atoms with Crippen LogP contribution in [0.5, 0.6) is 0 Å². The molecule has 0 aliphatic heterocycles. The molecule has 9 heteroatoms. The fraction of sp³-hybridized carbons (Fsp3) is 0.543. The van der Waals surface area contributed by atoms with Crippen molar-refractivity contribution in [2.75, 3.05) is 33.2 Å². The van der Waals surface area contributed by atoms with E-state index < -0.39 is 0 Å². The summed E-state index contributed by atoms with van der Waals surface area (Å²) in [6.45, 7) is 29.6. The number of aliphatic imine (C=N–C) groups is 1. The Morgan fingerprint density at radius 1 is 1.02 bits per heavy atom. The molecule has 0 radical (unpaired) electrons. The number of ketones is 1. The van der Waals surface area contributed by atoms with Gasteiger partial charge in [-0.2, -0.15) is 0 Å². The van der Waals surface area contributed by atoms with Crippen LogP contribution in [0.1, 0.15) is 144 Å². The highest BCUT2D eigenvalue weighted by atomic mass is 16.3. The predicted molar refractivity (Wildman–Crippen MR) is 240 cm³/mol. The molecule has 1 saturated carbocycles. The highest BCUT2D eigenvalue weighted by Gasteiger charge is 2.19. The van der Waals surface area contributed by atoms with Gasteiger partial charge in [0.25, 0.3) is 0 Å². The number of nitrogens with two attached hydrogens (primary N) is 2. The summed E-state index contributed by atoms with van der Waals surface area (Å²) in [6.07, 6.45) is 8.36. The van der Waals surface area contributed by atoms with Crippen LogP contribution in [0.15, 0.2) is 66.7 Å². The number of likely N-dealkylation sites (N-methyl/N-ethyl adjacent to an activating group) is 1. The van der Waals surface area contributed by atoms with Crippen molar-refractivity contribution >= 4 is 17.7 Å². The van der Waals surface area contributed by atoms with Gasteiger partial charge in [0.1, 0.15) is 5.78 Å². The molecule has 2 atom stereocenters. The predicted octanol–water partition coefficient (Wildman–Crippen LogP) is 9.14. The monoisotopic (exact) mass is 768 g/mol. The van der Waals surface area contributed by atoms with Gasteiger partial charge in [-0.25, -0.2) is 0 Å². The van der Waals surface area contributed by atoms with Gasteiger partial charge in [-0.05, 0) is 112 Å². The minimum atomic E-state index is -0.250. The number of aliphatic hydroxyl groups excluding tert-OH is 3. The third kappa shape index (κ3) is 26.7. The van der Waals surface area contributed by atoms with Gasteiger partial charge in [0.05, 0.1) is 19.4 Å². The maximum atomic E-state index is 10.8. The Hall–Kier alpha value is -3.73. The molecule has 0 amide bonds. The average Bonchev–Trinajstić information content (AvgIpc) is 4.05. The van der Waals surface area contributed by atoms with E-state index in [1.165, 1.54) is 60.2 Å². The fourth-order valence-electron chi connectivity index (χ4n) is 5.00. The minimum absolute atomic E-state index is 0.0462. The van der Waals surface area contributed by atoms with Crippen molar-refractivity contribution in [1.29, 1.82) is 0 Å². The topological polar surface area (TPSA) is 167 Å². The number of aromatic nitrogens is 1. The molecule has 8 N–H and O–H groups in total. The summed E-state index contributed by atoms with van der Waals surface area (Å²) >= 11 is 0. The molecule has 314 valence electrons. The molecule has 1 heterocycles. The Morgan fingerprint density at radius 2 is 1.58 bits per heavy atom. The standard InChI is InChI=1S/C17H30N2.C11H14N2O.C10H12O.2C2H6.C2H4.CH5NO.CH4O/c1-7-9-15(11-18-6)17-10-16(12(3)8-2)13(4)14(5)19-17;12-11-4-1-8(7-14)5-9(11)6-13-10-2-3-10;1-8-5-3-4-6-10(8)7-9(2)11;3*1-2;2-1-3;1-2/h10,12,15,18H,7-9,11H2,1-6H3;1,4-6,10,14H,2-3,7,12H2;3-6H,7H2,1-2H3;2*1-2H3;1-2H2;3H,1-2H2;2H,1H3. The first kappa shape index (κ1) is 58.0. The smallest absolute Gasteiger partial charge is 0.134 e. The Kier molecular flexibility index (Phi) is 40.6. The molecule has 9 nitrogen and oxygen atoms in total. The zero-order chi connectivity index (χ0) is 43.4. The Balaban J connectivity index is -0.000000321. The highest BCUT2D eigenvalue weighted by molar-refractivity contribution is 5.87. The Morgan fingerprint density at radius 3 is 2.04 bits per heavy atom. The average molecular weight is 768 g/mol. The number of nitrogens with one attached hydrogen (secondary N) is 1. The van der Waals surface area contributed by atoms with E-state index in [-0.39, 0.29) is 19.1 Å². The quantitative estimate of drug-likeness (QED) is 0.0459. The molecular weight excluding hydrogens is 687 g/mol. The molecule has 1 fully saturated rings. The number of aliphatic hydroxyl groups is 3. The van der Waals surface area contributed by atoms with Crippen LogP contribution in [0, 0.1) is 20.8 Å². The van der Waals surface area contributed by atoms with Gasteiger partial charge in [0.2, 0.25) is 0 Å². The van der Waals surface area contributed by atoms with Gasteiger partial charge in [-0.1, -0.05) is 85.2 Å². The van der Waals surface area contributed by atoms with Crippen LogP contribution < -0.4 is 16.8 Å². The van der Waals surface area contributed by atoms with Crippen LogP contribution in [0.25, 0.3) is 0 Å². The summed E-state index contributed by atoms with van der Waals surface area (Å²) in [5.74, 6) is 1.38. The molecule has 2 aromatic carbocycles. The van der Waals surface area contributed by atoms with Gasteiger partial charge in [-0.3, -0.25) is 14.8 Å². The first-order valence-electron chi connectivity index (χ1n) is 19.9. The number of benzene rings is 2. The molecule has 3 aromatic rings. The normalized spacial score (nSPS) is 11.8. The van der Waals surface area contributed by atoms with Gasteiger partial charge < -0.3 is 32.1 Å². The van der Waals surface area contributed by atoms with E-state index in [0.29, 0.717) is 30.0 Å². The number of hydrogen-bond acceptors (Lipinski definition) is 9. The molecule has 1 aliphatic carbocycles. The number of carbonyl (C=O) groups is 1. The van der Waals surface area contributed by atoms with Gasteiger partial charge >= 0.3 is 0 Å². The molecular formula is C46H81N5O4. The van der Waals surface area contributed by atoms with Gasteiger partial charge in [0.15, 0.2) is 0 Å². The number of nitrogens with zero attached hydrogens (tertiary/aromatic N) is 2. The summed E-state index contributed by atoms with van der Waals surface area (Å²) in [4.78, 5) is 20.0. The molecule has 0 saturated heterocycles. The van der Waals surface area contributed by atoms with Crippen molar-refractivity contribution in [2.24, 2.45) is 10.7 Å². The van der Waals surface area contributed by atoms with Crippen LogP contribution in [0.2, 0.25) is 0 Å². The number of aryl methyl sites for hydroxylation is 2. The second-order valence-corrected chi connectivity index (χ2v) is 12.3. The number of anilines is 1. The summed E-state index contributed by atoms with van der Waals surface area (Å²) < 4.78 is 0. The van der Waals surface area contributed by atoms with Crippen LogP contribution in [-0.2, 0) is 17.8 Å². The van der Waals surface area contributed by atoms with Crippen LogP contribution in [0.3, 0.4) is 0 Å².